The summed E-state index contributed by atoms with van der Waals surface area (Å²) < 4.78 is 5.67. The predicted octanol–water partition coefficient (Wildman–Crippen LogP) is 1.28. The van der Waals surface area contributed by atoms with Crippen LogP contribution < -0.4 is 10.1 Å². The third-order valence-electron chi connectivity index (χ3n) is 3.00. The second-order valence-corrected chi connectivity index (χ2v) is 4.39. The van der Waals surface area contributed by atoms with Gasteiger partial charge in [-0.3, -0.25) is 4.90 Å². The largest absolute Gasteiger partial charge is 0.476 e. The number of likely N-dealkylation sites (tertiary alicyclic amines) is 1. The second kappa shape index (κ2) is 6.57. The Bertz CT molecular complexity index is 337. The Balaban J connectivity index is 1.75. The summed E-state index contributed by atoms with van der Waals surface area (Å²) in [4.78, 5) is 6.87. The van der Waals surface area contributed by atoms with Gasteiger partial charge in [0.05, 0.1) is 5.69 Å². The number of hydrogen-bond acceptors (Lipinski definition) is 4. The van der Waals surface area contributed by atoms with E-state index >= 15 is 0 Å². The van der Waals surface area contributed by atoms with Crippen LogP contribution in [0.3, 0.4) is 0 Å². The van der Waals surface area contributed by atoms with Gasteiger partial charge in [0.15, 0.2) is 0 Å². The molecular weight excluding hydrogens is 214 g/mol. The summed E-state index contributed by atoms with van der Waals surface area (Å²) in [6, 6.07) is 5.91. The summed E-state index contributed by atoms with van der Waals surface area (Å²) >= 11 is 0. The fourth-order valence-corrected chi connectivity index (χ4v) is 2.10. The summed E-state index contributed by atoms with van der Waals surface area (Å²) in [6.45, 7) is 4.96. The quantitative estimate of drug-likeness (QED) is 0.806. The summed E-state index contributed by atoms with van der Waals surface area (Å²) in [5.41, 5.74) is 1.02. The predicted molar refractivity (Wildman–Crippen MR) is 68.2 cm³/mol. The van der Waals surface area contributed by atoms with Crippen molar-refractivity contribution in [2.45, 2.75) is 19.4 Å². The molecule has 0 atom stereocenters. The van der Waals surface area contributed by atoms with Gasteiger partial charge in [-0.15, -0.1) is 0 Å². The molecule has 4 heteroatoms. The molecule has 1 aromatic rings. The standard InChI is InChI=1S/C13H21N3O/c1-14-11-12-5-4-6-13(15-12)17-10-9-16-7-2-3-8-16/h4-6,14H,2-3,7-11H2,1H3. The fourth-order valence-electron chi connectivity index (χ4n) is 2.10. The molecule has 1 aromatic heterocycles. The summed E-state index contributed by atoms with van der Waals surface area (Å²) in [7, 11) is 1.92. The van der Waals surface area contributed by atoms with Gasteiger partial charge in [-0.1, -0.05) is 6.07 Å². The minimum absolute atomic E-state index is 0.732. The summed E-state index contributed by atoms with van der Waals surface area (Å²) in [5, 5.41) is 3.09. The third kappa shape index (κ3) is 3.98. The molecule has 0 amide bonds. The number of aromatic nitrogens is 1. The molecule has 1 aliphatic rings. The molecule has 2 rings (SSSR count). The van der Waals surface area contributed by atoms with E-state index in [0.29, 0.717) is 0 Å². The molecule has 94 valence electrons. The fraction of sp³-hybridized carbons (Fsp3) is 0.615. The van der Waals surface area contributed by atoms with E-state index in [1.807, 2.05) is 25.2 Å². The van der Waals surface area contributed by atoms with Crippen molar-refractivity contribution in [1.82, 2.24) is 15.2 Å². The molecule has 0 unspecified atom stereocenters. The third-order valence-corrected chi connectivity index (χ3v) is 3.00. The highest BCUT2D eigenvalue weighted by Gasteiger charge is 2.10. The number of nitrogens with one attached hydrogen (secondary N) is 1. The Morgan fingerprint density at radius 1 is 1.35 bits per heavy atom. The van der Waals surface area contributed by atoms with Crippen molar-refractivity contribution in [2.75, 3.05) is 33.3 Å². The minimum Gasteiger partial charge on any atom is -0.476 e. The van der Waals surface area contributed by atoms with Gasteiger partial charge in [-0.05, 0) is 39.0 Å². The van der Waals surface area contributed by atoms with E-state index in [-0.39, 0.29) is 0 Å². The average Bonchev–Trinajstić information content (AvgIpc) is 2.83. The minimum atomic E-state index is 0.732. The number of hydrogen-bond donors (Lipinski definition) is 1. The van der Waals surface area contributed by atoms with Crippen LogP contribution >= 0.6 is 0 Å². The van der Waals surface area contributed by atoms with Crippen LogP contribution in [-0.4, -0.2) is 43.2 Å². The first-order valence-electron chi connectivity index (χ1n) is 6.34. The Hall–Kier alpha value is -1.13. The highest BCUT2D eigenvalue weighted by atomic mass is 16.5. The maximum Gasteiger partial charge on any atom is 0.213 e. The van der Waals surface area contributed by atoms with Gasteiger partial charge in [-0.2, -0.15) is 0 Å². The lowest BCUT2D eigenvalue weighted by Crippen LogP contribution is -2.25. The van der Waals surface area contributed by atoms with Crippen LogP contribution in [0.5, 0.6) is 5.88 Å². The number of nitrogens with zero attached hydrogens (tertiary/aromatic N) is 2. The Morgan fingerprint density at radius 2 is 2.18 bits per heavy atom. The van der Waals surface area contributed by atoms with Crippen LogP contribution in [0.2, 0.25) is 0 Å². The van der Waals surface area contributed by atoms with E-state index in [4.69, 9.17) is 4.74 Å². The molecule has 0 radical (unpaired) electrons. The van der Waals surface area contributed by atoms with E-state index in [2.05, 4.69) is 15.2 Å². The Kier molecular flexibility index (Phi) is 4.76. The van der Waals surface area contributed by atoms with Crippen LogP contribution in [0.1, 0.15) is 18.5 Å². The number of rotatable bonds is 6. The van der Waals surface area contributed by atoms with Gasteiger partial charge < -0.3 is 10.1 Å². The van der Waals surface area contributed by atoms with Gasteiger partial charge in [0.1, 0.15) is 6.61 Å². The molecule has 0 spiro atoms. The lowest BCUT2D eigenvalue weighted by molar-refractivity contribution is 0.231. The molecule has 1 fully saturated rings. The first-order chi connectivity index (χ1) is 8.38. The second-order valence-electron chi connectivity index (χ2n) is 4.39. The van der Waals surface area contributed by atoms with Gasteiger partial charge in [0.2, 0.25) is 5.88 Å². The lowest BCUT2D eigenvalue weighted by Gasteiger charge is -2.14. The molecule has 4 nitrogen and oxygen atoms in total. The molecule has 0 aromatic carbocycles. The monoisotopic (exact) mass is 235 g/mol. The Morgan fingerprint density at radius 3 is 2.94 bits per heavy atom. The normalized spacial score (nSPS) is 16.3. The SMILES string of the molecule is CNCc1cccc(OCCN2CCCC2)n1. The van der Waals surface area contributed by atoms with E-state index in [1.54, 1.807) is 0 Å². The molecule has 1 N–H and O–H groups in total. The van der Waals surface area contributed by atoms with Crippen molar-refractivity contribution in [2.24, 2.45) is 0 Å². The van der Waals surface area contributed by atoms with E-state index in [1.165, 1.54) is 25.9 Å². The molecule has 2 heterocycles. The zero-order chi connectivity index (χ0) is 11.9. The molecular formula is C13H21N3O. The summed E-state index contributed by atoms with van der Waals surface area (Å²) in [6.07, 6.45) is 2.66. The van der Waals surface area contributed by atoms with Gasteiger partial charge >= 0.3 is 0 Å². The zero-order valence-electron chi connectivity index (χ0n) is 10.5. The van der Waals surface area contributed by atoms with E-state index in [0.717, 1.165) is 31.3 Å². The van der Waals surface area contributed by atoms with Gasteiger partial charge in [0.25, 0.3) is 0 Å². The topological polar surface area (TPSA) is 37.4 Å². The first kappa shape index (κ1) is 12.3. The lowest BCUT2D eigenvalue weighted by atomic mass is 10.3. The highest BCUT2D eigenvalue weighted by molar-refractivity contribution is 5.15. The van der Waals surface area contributed by atoms with Crippen LogP contribution in [0, 0.1) is 0 Å². The van der Waals surface area contributed by atoms with Crippen molar-refractivity contribution < 1.29 is 4.74 Å². The van der Waals surface area contributed by atoms with Crippen LogP contribution in [-0.2, 0) is 6.54 Å². The van der Waals surface area contributed by atoms with Crippen LogP contribution in [0.4, 0.5) is 0 Å². The number of pyridine rings is 1. The first-order valence-corrected chi connectivity index (χ1v) is 6.34. The molecule has 1 saturated heterocycles. The molecule has 0 saturated carbocycles. The average molecular weight is 235 g/mol. The van der Waals surface area contributed by atoms with Gasteiger partial charge in [-0.25, -0.2) is 4.98 Å². The van der Waals surface area contributed by atoms with E-state index in [9.17, 15) is 0 Å². The van der Waals surface area contributed by atoms with Crippen LogP contribution in [0.25, 0.3) is 0 Å². The molecule has 1 aliphatic heterocycles. The highest BCUT2D eigenvalue weighted by Crippen LogP contribution is 2.09. The van der Waals surface area contributed by atoms with Gasteiger partial charge in [0, 0.05) is 19.2 Å². The van der Waals surface area contributed by atoms with E-state index < -0.39 is 0 Å². The summed E-state index contributed by atoms with van der Waals surface area (Å²) in [5.74, 6) is 0.733. The van der Waals surface area contributed by atoms with Crippen molar-refractivity contribution in [3.8, 4) is 5.88 Å². The molecule has 0 aliphatic carbocycles. The Labute approximate surface area is 103 Å². The smallest absolute Gasteiger partial charge is 0.213 e. The maximum absolute atomic E-state index is 5.67. The van der Waals surface area contributed by atoms with Crippen molar-refractivity contribution in [3.05, 3.63) is 23.9 Å². The molecule has 17 heavy (non-hydrogen) atoms. The number of ether oxygens (including phenoxy) is 1. The maximum atomic E-state index is 5.67. The van der Waals surface area contributed by atoms with Crippen molar-refractivity contribution >= 4 is 0 Å². The van der Waals surface area contributed by atoms with Crippen molar-refractivity contribution in [1.29, 1.82) is 0 Å². The molecule has 0 bridgehead atoms. The van der Waals surface area contributed by atoms with Crippen LogP contribution in [0.15, 0.2) is 18.2 Å². The van der Waals surface area contributed by atoms with Crippen molar-refractivity contribution in [3.63, 3.8) is 0 Å². The zero-order valence-corrected chi connectivity index (χ0v) is 10.5.